The summed E-state index contributed by atoms with van der Waals surface area (Å²) in [6.07, 6.45) is 0.817. The Balaban J connectivity index is 2.03. The van der Waals surface area contributed by atoms with Crippen molar-refractivity contribution in [3.63, 3.8) is 0 Å². The number of benzene rings is 2. The van der Waals surface area contributed by atoms with Gasteiger partial charge in [0.15, 0.2) is 0 Å². The van der Waals surface area contributed by atoms with Crippen LogP contribution in [-0.4, -0.2) is 35.4 Å². The summed E-state index contributed by atoms with van der Waals surface area (Å²) in [6.45, 7) is 6.19. The van der Waals surface area contributed by atoms with E-state index in [1.165, 1.54) is 0 Å². The number of hydrogen-bond donors (Lipinski definition) is 1. The Morgan fingerprint density at radius 2 is 1.73 bits per heavy atom. The molecule has 7 heteroatoms. The summed E-state index contributed by atoms with van der Waals surface area (Å²) in [5.74, 6) is 0.449. The molecule has 30 heavy (non-hydrogen) atoms. The lowest BCUT2D eigenvalue weighted by Crippen LogP contribution is -2.49. The minimum atomic E-state index is -0.621. The highest BCUT2D eigenvalue weighted by Crippen LogP contribution is 2.24. The Bertz CT molecular complexity index is 844. The van der Waals surface area contributed by atoms with Crippen molar-refractivity contribution >= 4 is 35.0 Å². The Morgan fingerprint density at radius 1 is 1.03 bits per heavy atom. The van der Waals surface area contributed by atoms with Crippen LogP contribution < -0.4 is 10.1 Å². The molecule has 1 N–H and O–H groups in total. The van der Waals surface area contributed by atoms with Gasteiger partial charge in [-0.15, -0.1) is 0 Å². The molecule has 0 radical (unpaired) electrons. The molecule has 0 aliphatic rings. The van der Waals surface area contributed by atoms with E-state index < -0.39 is 6.04 Å². The van der Waals surface area contributed by atoms with Crippen molar-refractivity contribution in [2.45, 2.75) is 52.2 Å². The number of amides is 2. The SMILES string of the molecule is CC(C)NC(=O)C(C)N(Cc1ccc(Cl)c(Cl)c1)C(=O)CCCOc1ccccc1. The van der Waals surface area contributed by atoms with E-state index in [4.69, 9.17) is 27.9 Å². The fraction of sp³-hybridized carbons (Fsp3) is 0.391. The van der Waals surface area contributed by atoms with Crippen molar-refractivity contribution in [1.82, 2.24) is 10.2 Å². The number of rotatable bonds is 10. The van der Waals surface area contributed by atoms with Gasteiger partial charge in [-0.05, 0) is 57.0 Å². The molecule has 0 spiro atoms. The van der Waals surface area contributed by atoms with Crippen LogP contribution >= 0.6 is 23.2 Å². The van der Waals surface area contributed by atoms with Crippen LogP contribution in [0, 0.1) is 0 Å². The number of carbonyl (C=O) groups excluding carboxylic acids is 2. The van der Waals surface area contributed by atoms with E-state index in [1.807, 2.05) is 44.2 Å². The molecule has 0 saturated heterocycles. The molecule has 5 nitrogen and oxygen atoms in total. The second-order valence-electron chi connectivity index (χ2n) is 7.37. The molecule has 0 bridgehead atoms. The van der Waals surface area contributed by atoms with Gasteiger partial charge in [0.1, 0.15) is 11.8 Å². The van der Waals surface area contributed by atoms with Gasteiger partial charge in [-0.1, -0.05) is 47.5 Å². The Morgan fingerprint density at radius 3 is 2.37 bits per heavy atom. The quantitative estimate of drug-likeness (QED) is 0.512. The third kappa shape index (κ3) is 7.54. The number of para-hydroxylation sites is 1. The molecule has 1 unspecified atom stereocenters. The summed E-state index contributed by atoms with van der Waals surface area (Å²) in [5, 5.41) is 3.73. The second kappa shape index (κ2) is 11.8. The van der Waals surface area contributed by atoms with Gasteiger partial charge in [-0.2, -0.15) is 0 Å². The third-order valence-corrected chi connectivity index (χ3v) is 5.22. The van der Waals surface area contributed by atoms with Crippen LogP contribution in [0.2, 0.25) is 10.0 Å². The first-order valence-corrected chi connectivity index (χ1v) is 10.7. The van der Waals surface area contributed by atoms with Crippen molar-refractivity contribution in [2.75, 3.05) is 6.61 Å². The van der Waals surface area contributed by atoms with Crippen LogP contribution in [0.5, 0.6) is 5.75 Å². The number of nitrogens with one attached hydrogen (secondary N) is 1. The highest BCUT2D eigenvalue weighted by atomic mass is 35.5. The zero-order valence-corrected chi connectivity index (χ0v) is 19.0. The lowest BCUT2D eigenvalue weighted by Gasteiger charge is -2.29. The average Bonchev–Trinajstić information content (AvgIpc) is 2.71. The van der Waals surface area contributed by atoms with Gasteiger partial charge in [0.05, 0.1) is 16.7 Å². The summed E-state index contributed by atoms with van der Waals surface area (Å²) < 4.78 is 5.66. The summed E-state index contributed by atoms with van der Waals surface area (Å²) in [5.41, 5.74) is 0.808. The van der Waals surface area contributed by atoms with Crippen molar-refractivity contribution in [3.8, 4) is 5.75 Å². The molecule has 0 aromatic heterocycles. The smallest absolute Gasteiger partial charge is 0.242 e. The molecule has 0 aliphatic carbocycles. The molecule has 1 atom stereocenters. The Labute approximate surface area is 188 Å². The lowest BCUT2D eigenvalue weighted by molar-refractivity contribution is -0.141. The zero-order valence-electron chi connectivity index (χ0n) is 17.5. The second-order valence-corrected chi connectivity index (χ2v) is 8.19. The molecule has 2 aromatic carbocycles. The number of hydrogen-bond acceptors (Lipinski definition) is 3. The minimum absolute atomic E-state index is 0.0128. The van der Waals surface area contributed by atoms with Gasteiger partial charge >= 0.3 is 0 Å². The molecule has 2 aromatic rings. The first-order valence-electron chi connectivity index (χ1n) is 9.99. The number of carbonyl (C=O) groups is 2. The van der Waals surface area contributed by atoms with E-state index in [9.17, 15) is 9.59 Å². The topological polar surface area (TPSA) is 58.6 Å². The lowest BCUT2D eigenvalue weighted by atomic mass is 10.1. The van der Waals surface area contributed by atoms with Gasteiger partial charge in [0, 0.05) is 19.0 Å². The number of nitrogens with zero attached hydrogens (tertiary/aromatic N) is 1. The molecule has 2 amide bonds. The predicted octanol–water partition coefficient (Wildman–Crippen LogP) is 5.09. The average molecular weight is 451 g/mol. The van der Waals surface area contributed by atoms with Crippen molar-refractivity contribution in [1.29, 1.82) is 0 Å². The first-order chi connectivity index (χ1) is 14.3. The van der Waals surface area contributed by atoms with E-state index in [-0.39, 0.29) is 30.8 Å². The van der Waals surface area contributed by atoms with Crippen LogP contribution in [-0.2, 0) is 16.1 Å². The van der Waals surface area contributed by atoms with Gasteiger partial charge < -0.3 is 15.0 Å². The highest BCUT2D eigenvalue weighted by molar-refractivity contribution is 6.42. The molecular formula is C23H28Cl2N2O3. The van der Waals surface area contributed by atoms with Crippen LogP contribution in [0.15, 0.2) is 48.5 Å². The van der Waals surface area contributed by atoms with E-state index in [0.29, 0.717) is 23.1 Å². The van der Waals surface area contributed by atoms with Crippen LogP contribution in [0.1, 0.15) is 39.2 Å². The van der Waals surface area contributed by atoms with Crippen LogP contribution in [0.25, 0.3) is 0 Å². The van der Waals surface area contributed by atoms with Crippen LogP contribution in [0.4, 0.5) is 0 Å². The fourth-order valence-corrected chi connectivity index (χ4v) is 3.22. The minimum Gasteiger partial charge on any atom is -0.494 e. The van der Waals surface area contributed by atoms with Gasteiger partial charge in [-0.25, -0.2) is 0 Å². The highest BCUT2D eigenvalue weighted by Gasteiger charge is 2.26. The summed E-state index contributed by atoms with van der Waals surface area (Å²) >= 11 is 12.1. The summed E-state index contributed by atoms with van der Waals surface area (Å²) in [7, 11) is 0. The Kier molecular flexibility index (Phi) is 9.47. The van der Waals surface area contributed by atoms with Crippen molar-refractivity contribution in [3.05, 3.63) is 64.1 Å². The molecule has 162 valence electrons. The molecular weight excluding hydrogens is 423 g/mol. The summed E-state index contributed by atoms with van der Waals surface area (Å²) in [4.78, 5) is 27.1. The Hall–Kier alpha value is -2.24. The van der Waals surface area contributed by atoms with Gasteiger partial charge in [0.2, 0.25) is 11.8 Å². The third-order valence-electron chi connectivity index (χ3n) is 4.48. The van der Waals surface area contributed by atoms with Crippen molar-refractivity contribution in [2.24, 2.45) is 0 Å². The largest absolute Gasteiger partial charge is 0.494 e. The summed E-state index contributed by atoms with van der Waals surface area (Å²) in [6, 6.07) is 14.0. The molecule has 2 rings (SSSR count). The maximum absolute atomic E-state index is 13.0. The zero-order chi connectivity index (χ0) is 22.1. The monoisotopic (exact) mass is 450 g/mol. The first kappa shape index (κ1) is 24.0. The van der Waals surface area contributed by atoms with E-state index in [2.05, 4.69) is 5.32 Å². The molecule has 0 heterocycles. The van der Waals surface area contributed by atoms with Gasteiger partial charge in [-0.3, -0.25) is 9.59 Å². The molecule has 0 saturated carbocycles. The molecule has 0 fully saturated rings. The number of halogens is 2. The van der Waals surface area contributed by atoms with E-state index in [1.54, 1.807) is 30.0 Å². The van der Waals surface area contributed by atoms with Gasteiger partial charge in [0.25, 0.3) is 0 Å². The fourth-order valence-electron chi connectivity index (χ4n) is 2.90. The number of ether oxygens (including phenoxy) is 1. The maximum atomic E-state index is 13.0. The maximum Gasteiger partial charge on any atom is 0.242 e. The van der Waals surface area contributed by atoms with E-state index >= 15 is 0 Å². The van der Waals surface area contributed by atoms with Crippen molar-refractivity contribution < 1.29 is 14.3 Å². The van der Waals surface area contributed by atoms with E-state index in [0.717, 1.165) is 11.3 Å². The normalized spacial score (nSPS) is 11.8. The molecule has 0 aliphatic heterocycles. The standard InChI is InChI=1S/C23H28Cl2N2O3/c1-16(2)26-23(29)17(3)27(15-18-11-12-20(24)21(25)14-18)22(28)10-7-13-30-19-8-5-4-6-9-19/h4-6,8-9,11-12,14,16-17H,7,10,13,15H2,1-3H3,(H,26,29). The van der Waals surface area contributed by atoms with Crippen LogP contribution in [0.3, 0.4) is 0 Å². The predicted molar refractivity (Wildman–Crippen MR) is 121 cm³/mol.